The van der Waals surface area contributed by atoms with Crippen molar-refractivity contribution in [2.45, 2.75) is 19.4 Å². The Morgan fingerprint density at radius 3 is 2.95 bits per heavy atom. The van der Waals surface area contributed by atoms with Crippen molar-refractivity contribution in [3.8, 4) is 11.8 Å². The number of aliphatic hydroxyl groups excluding tert-OH is 1. The first-order valence-electron chi connectivity index (χ1n) is 6.98. The summed E-state index contributed by atoms with van der Waals surface area (Å²) in [6, 6.07) is 5.05. The van der Waals surface area contributed by atoms with Gasteiger partial charge >= 0.3 is 0 Å². The predicted octanol–water partition coefficient (Wildman–Crippen LogP) is 1.49. The Hall–Kier alpha value is -1.54. The summed E-state index contributed by atoms with van der Waals surface area (Å²) in [7, 11) is 0. The highest BCUT2D eigenvalue weighted by atomic mass is 35.5. The lowest BCUT2D eigenvalue weighted by Crippen LogP contribution is -2.45. The lowest BCUT2D eigenvalue weighted by atomic mass is 9.95. The molecule has 21 heavy (non-hydrogen) atoms. The average Bonchev–Trinajstić information content (AvgIpc) is 2.48. The smallest absolute Gasteiger partial charge is 0.253 e. The van der Waals surface area contributed by atoms with E-state index in [1.807, 2.05) is 6.92 Å². The maximum Gasteiger partial charge on any atom is 0.253 e. The van der Waals surface area contributed by atoms with Crippen LogP contribution in [-0.2, 0) is 0 Å². The van der Waals surface area contributed by atoms with Crippen LogP contribution in [0.2, 0.25) is 5.02 Å². The van der Waals surface area contributed by atoms with Gasteiger partial charge in [-0.15, -0.1) is 0 Å². The quantitative estimate of drug-likeness (QED) is 0.773. The second-order valence-corrected chi connectivity index (χ2v) is 5.69. The van der Waals surface area contributed by atoms with Crippen LogP contribution in [0, 0.1) is 17.8 Å². The molecule has 112 valence electrons. The van der Waals surface area contributed by atoms with Crippen LogP contribution in [0.4, 0.5) is 0 Å². The molecule has 2 rings (SSSR count). The zero-order chi connectivity index (χ0) is 15.4. The zero-order valence-electron chi connectivity index (χ0n) is 12.0. The molecule has 2 atom stereocenters. The van der Waals surface area contributed by atoms with Crippen molar-refractivity contribution in [3.05, 3.63) is 34.3 Å². The van der Waals surface area contributed by atoms with E-state index >= 15 is 0 Å². The molecule has 0 aliphatic carbocycles. The first-order valence-corrected chi connectivity index (χ1v) is 7.36. The number of amides is 1. The van der Waals surface area contributed by atoms with Gasteiger partial charge in [0.2, 0.25) is 0 Å². The van der Waals surface area contributed by atoms with Gasteiger partial charge in [-0.05, 0) is 30.5 Å². The largest absolute Gasteiger partial charge is 0.391 e. The minimum Gasteiger partial charge on any atom is -0.391 e. The number of benzene rings is 1. The van der Waals surface area contributed by atoms with E-state index in [0.29, 0.717) is 29.2 Å². The lowest BCUT2D eigenvalue weighted by Gasteiger charge is -2.34. The molecule has 1 heterocycles. The molecule has 2 unspecified atom stereocenters. The molecular weight excluding hydrogens is 288 g/mol. The van der Waals surface area contributed by atoms with Gasteiger partial charge in [0.1, 0.15) is 0 Å². The summed E-state index contributed by atoms with van der Waals surface area (Å²) in [5, 5.41) is 10.3. The highest BCUT2D eigenvalue weighted by Gasteiger charge is 2.27. The maximum absolute atomic E-state index is 12.4. The molecule has 5 heteroatoms. The van der Waals surface area contributed by atoms with Crippen LogP contribution in [0.1, 0.15) is 29.3 Å². The Morgan fingerprint density at radius 2 is 2.33 bits per heavy atom. The SMILES string of the molecule is CC1CCN(C(=O)c2ccc(C#CCN)c(Cl)c2)CC1O. The predicted molar refractivity (Wildman–Crippen MR) is 83.1 cm³/mol. The van der Waals surface area contributed by atoms with E-state index in [2.05, 4.69) is 11.8 Å². The van der Waals surface area contributed by atoms with Gasteiger partial charge in [-0.3, -0.25) is 4.79 Å². The van der Waals surface area contributed by atoms with Crippen LogP contribution in [-0.4, -0.2) is 41.7 Å². The summed E-state index contributed by atoms with van der Waals surface area (Å²) in [4.78, 5) is 14.1. The lowest BCUT2D eigenvalue weighted by molar-refractivity contribution is 0.0248. The molecule has 0 aromatic heterocycles. The van der Waals surface area contributed by atoms with Crippen molar-refractivity contribution in [2.24, 2.45) is 11.7 Å². The first-order chi connectivity index (χ1) is 10.0. The molecule has 3 N–H and O–H groups in total. The fourth-order valence-electron chi connectivity index (χ4n) is 2.31. The fraction of sp³-hybridized carbons (Fsp3) is 0.438. The summed E-state index contributed by atoms with van der Waals surface area (Å²) < 4.78 is 0. The number of rotatable bonds is 1. The summed E-state index contributed by atoms with van der Waals surface area (Å²) >= 11 is 6.14. The zero-order valence-corrected chi connectivity index (χ0v) is 12.7. The average molecular weight is 307 g/mol. The Kier molecular flexibility index (Phi) is 5.24. The van der Waals surface area contributed by atoms with Gasteiger partial charge in [-0.1, -0.05) is 30.4 Å². The molecule has 1 saturated heterocycles. The van der Waals surface area contributed by atoms with Crippen LogP contribution in [0.5, 0.6) is 0 Å². The maximum atomic E-state index is 12.4. The number of halogens is 1. The molecule has 1 aliphatic rings. The van der Waals surface area contributed by atoms with Crippen molar-refractivity contribution in [2.75, 3.05) is 19.6 Å². The van der Waals surface area contributed by atoms with E-state index in [4.69, 9.17) is 17.3 Å². The van der Waals surface area contributed by atoms with Crippen molar-refractivity contribution < 1.29 is 9.90 Å². The van der Waals surface area contributed by atoms with Crippen molar-refractivity contribution in [1.82, 2.24) is 4.90 Å². The second-order valence-electron chi connectivity index (χ2n) is 5.29. The molecule has 0 bridgehead atoms. The molecule has 0 saturated carbocycles. The molecule has 4 nitrogen and oxygen atoms in total. The number of β-amino-alcohol motifs (C(OH)–C–C–N with tert-alkyl or cyclic N) is 1. The van der Waals surface area contributed by atoms with Crippen LogP contribution < -0.4 is 5.73 Å². The van der Waals surface area contributed by atoms with Gasteiger partial charge in [-0.2, -0.15) is 0 Å². The molecule has 1 amide bonds. The van der Waals surface area contributed by atoms with E-state index in [-0.39, 0.29) is 18.4 Å². The topological polar surface area (TPSA) is 66.6 Å². The van der Waals surface area contributed by atoms with Gasteiger partial charge in [0.15, 0.2) is 0 Å². The Balaban J connectivity index is 2.15. The number of nitrogens with two attached hydrogens (primary N) is 1. The number of carbonyl (C=O) groups is 1. The Labute approximate surface area is 129 Å². The highest BCUT2D eigenvalue weighted by molar-refractivity contribution is 6.32. The van der Waals surface area contributed by atoms with Gasteiger partial charge in [0.25, 0.3) is 5.91 Å². The number of carbonyl (C=O) groups excluding carboxylic acids is 1. The number of hydrogen-bond donors (Lipinski definition) is 2. The van der Waals surface area contributed by atoms with E-state index in [0.717, 1.165) is 6.42 Å². The molecule has 1 aromatic carbocycles. The van der Waals surface area contributed by atoms with Crippen LogP contribution in [0.3, 0.4) is 0 Å². The fourth-order valence-corrected chi connectivity index (χ4v) is 2.54. The number of piperidine rings is 1. The minimum absolute atomic E-state index is 0.110. The summed E-state index contributed by atoms with van der Waals surface area (Å²) in [6.45, 7) is 3.28. The Bertz CT molecular complexity index is 592. The summed E-state index contributed by atoms with van der Waals surface area (Å²) in [5.74, 6) is 5.71. The monoisotopic (exact) mass is 306 g/mol. The first kappa shape index (κ1) is 15.8. The third-order valence-electron chi connectivity index (χ3n) is 3.75. The molecule has 0 spiro atoms. The van der Waals surface area contributed by atoms with E-state index in [1.165, 1.54) is 0 Å². The van der Waals surface area contributed by atoms with Crippen molar-refractivity contribution >= 4 is 17.5 Å². The number of likely N-dealkylation sites (tertiary alicyclic amines) is 1. The van der Waals surface area contributed by atoms with E-state index < -0.39 is 6.10 Å². The molecule has 1 fully saturated rings. The minimum atomic E-state index is -0.465. The van der Waals surface area contributed by atoms with Crippen LogP contribution in [0.25, 0.3) is 0 Å². The van der Waals surface area contributed by atoms with Crippen molar-refractivity contribution in [1.29, 1.82) is 0 Å². The number of hydrogen-bond acceptors (Lipinski definition) is 3. The molecule has 1 aromatic rings. The normalized spacial score (nSPS) is 21.6. The molecule has 0 radical (unpaired) electrons. The van der Waals surface area contributed by atoms with Gasteiger partial charge in [0.05, 0.1) is 17.7 Å². The van der Waals surface area contributed by atoms with Gasteiger partial charge < -0.3 is 15.7 Å². The number of nitrogens with zero attached hydrogens (tertiary/aromatic N) is 1. The van der Waals surface area contributed by atoms with Crippen LogP contribution in [0.15, 0.2) is 18.2 Å². The van der Waals surface area contributed by atoms with Gasteiger partial charge in [-0.25, -0.2) is 0 Å². The third-order valence-corrected chi connectivity index (χ3v) is 4.06. The summed E-state index contributed by atoms with van der Waals surface area (Å²) in [5.41, 5.74) is 6.50. The standard InChI is InChI=1S/C16H19ClN2O2/c1-11-6-8-19(10-15(11)20)16(21)13-5-4-12(3-2-7-18)14(17)9-13/h4-5,9,11,15,20H,6-8,10,18H2,1H3. The molecule has 1 aliphatic heterocycles. The second kappa shape index (κ2) is 6.95. The van der Waals surface area contributed by atoms with E-state index in [9.17, 15) is 9.90 Å². The Morgan fingerprint density at radius 1 is 1.57 bits per heavy atom. The van der Waals surface area contributed by atoms with Gasteiger partial charge in [0, 0.05) is 24.2 Å². The number of aliphatic hydroxyl groups is 1. The summed E-state index contributed by atoms with van der Waals surface area (Å²) in [6.07, 6.45) is 0.341. The van der Waals surface area contributed by atoms with E-state index in [1.54, 1.807) is 23.1 Å². The third kappa shape index (κ3) is 3.76. The molecular formula is C16H19ClN2O2. The van der Waals surface area contributed by atoms with Crippen LogP contribution >= 0.6 is 11.6 Å². The highest BCUT2D eigenvalue weighted by Crippen LogP contribution is 2.22. The van der Waals surface area contributed by atoms with Crippen molar-refractivity contribution in [3.63, 3.8) is 0 Å².